The van der Waals surface area contributed by atoms with E-state index in [1.807, 2.05) is 24.8 Å². The van der Waals surface area contributed by atoms with Gasteiger partial charge in [0.15, 0.2) is 0 Å². The summed E-state index contributed by atoms with van der Waals surface area (Å²) in [5.41, 5.74) is 7.80. The molecule has 3 aromatic rings. The van der Waals surface area contributed by atoms with Crippen LogP contribution in [0.2, 0.25) is 0 Å². The topological polar surface area (TPSA) is 25.4 Å². The maximum absolute atomic E-state index is 6.68. The van der Waals surface area contributed by atoms with E-state index in [1.54, 1.807) is 0 Å². The molecule has 0 N–H and O–H groups in total. The molecule has 0 aliphatic carbocycles. The van der Waals surface area contributed by atoms with Crippen LogP contribution >= 0.6 is 11.8 Å². The minimum atomic E-state index is 0.0313. The van der Waals surface area contributed by atoms with Crippen molar-refractivity contribution in [1.29, 1.82) is 0 Å². The lowest BCUT2D eigenvalue weighted by Crippen LogP contribution is -2.54. The van der Waals surface area contributed by atoms with Gasteiger partial charge in [-0.15, -0.1) is 0 Å². The van der Waals surface area contributed by atoms with Crippen molar-refractivity contribution in [2.24, 2.45) is 0 Å². The third-order valence-corrected chi connectivity index (χ3v) is 8.65. The number of likely N-dealkylation sites (tertiary alicyclic amines) is 1. The molecule has 1 aromatic heterocycles. The maximum atomic E-state index is 6.68. The molecule has 2 aliphatic rings. The molecule has 1 fully saturated rings. The van der Waals surface area contributed by atoms with Crippen LogP contribution in [0.3, 0.4) is 0 Å². The van der Waals surface area contributed by atoms with Crippen LogP contribution in [0.4, 0.5) is 0 Å². The summed E-state index contributed by atoms with van der Waals surface area (Å²) in [7, 11) is 0. The summed E-state index contributed by atoms with van der Waals surface area (Å²) in [5.74, 6) is 3.05. The van der Waals surface area contributed by atoms with Crippen LogP contribution < -0.4 is 4.74 Å². The van der Waals surface area contributed by atoms with Crippen LogP contribution in [0, 0.1) is 6.92 Å². The number of benzene rings is 2. The predicted molar refractivity (Wildman–Crippen MR) is 148 cm³/mol. The molecule has 5 rings (SSSR count). The highest BCUT2D eigenvalue weighted by molar-refractivity contribution is 7.97. The van der Waals surface area contributed by atoms with Crippen LogP contribution in [-0.2, 0) is 17.9 Å². The highest BCUT2D eigenvalue weighted by atomic mass is 32.2. The molecule has 2 aromatic carbocycles. The molecule has 0 bridgehead atoms. The Kier molecular flexibility index (Phi) is 6.96. The van der Waals surface area contributed by atoms with E-state index in [0.29, 0.717) is 0 Å². The van der Waals surface area contributed by atoms with Crippen molar-refractivity contribution >= 4 is 11.8 Å². The zero-order valence-electron chi connectivity index (χ0n) is 21.6. The molecular weight excluding hydrogens is 448 g/mol. The van der Waals surface area contributed by atoms with Crippen molar-refractivity contribution in [1.82, 2.24) is 9.88 Å². The van der Waals surface area contributed by atoms with Crippen LogP contribution in [0.25, 0.3) is 11.1 Å². The number of pyridine rings is 1. The van der Waals surface area contributed by atoms with Gasteiger partial charge in [-0.1, -0.05) is 36.4 Å². The highest BCUT2D eigenvalue weighted by Crippen LogP contribution is 2.41. The summed E-state index contributed by atoms with van der Waals surface area (Å²) >= 11 is 1.92. The minimum absolute atomic E-state index is 0.0313. The molecule has 3 nitrogen and oxygen atoms in total. The summed E-state index contributed by atoms with van der Waals surface area (Å²) in [4.78, 5) is 7.20. The zero-order chi connectivity index (χ0) is 24.5. The number of hydrogen-bond donors (Lipinski definition) is 0. The third-order valence-electron chi connectivity index (χ3n) is 7.61. The molecule has 4 heteroatoms. The Bertz CT molecular complexity index is 1160. The fourth-order valence-corrected chi connectivity index (χ4v) is 6.28. The van der Waals surface area contributed by atoms with Crippen LogP contribution in [-0.4, -0.2) is 34.1 Å². The lowest BCUT2D eigenvalue weighted by molar-refractivity contribution is -0.0355. The van der Waals surface area contributed by atoms with Gasteiger partial charge in [-0.2, -0.15) is 11.8 Å². The van der Waals surface area contributed by atoms with Crippen molar-refractivity contribution < 1.29 is 4.74 Å². The molecule has 1 saturated heterocycles. The van der Waals surface area contributed by atoms with Crippen LogP contribution in [0.1, 0.15) is 62.5 Å². The molecule has 3 heterocycles. The Morgan fingerprint density at radius 2 is 1.66 bits per heavy atom. The van der Waals surface area contributed by atoms with Crippen LogP contribution in [0.5, 0.6) is 5.75 Å². The summed E-state index contributed by atoms with van der Waals surface area (Å²) in [6.07, 6.45) is 4.50. The van der Waals surface area contributed by atoms with Crippen molar-refractivity contribution in [3.63, 3.8) is 0 Å². The number of rotatable bonds is 5. The molecule has 0 radical (unpaired) electrons. The van der Waals surface area contributed by atoms with Crippen molar-refractivity contribution in [2.75, 3.05) is 13.1 Å². The minimum Gasteiger partial charge on any atom is -0.487 e. The van der Waals surface area contributed by atoms with E-state index in [4.69, 9.17) is 4.74 Å². The number of thioether (sulfide) groups is 1. The zero-order valence-corrected chi connectivity index (χ0v) is 22.5. The summed E-state index contributed by atoms with van der Waals surface area (Å²) < 4.78 is 6.68. The number of piperidine rings is 1. The van der Waals surface area contributed by atoms with Gasteiger partial charge in [0.25, 0.3) is 0 Å². The molecular formula is C31H38N2OS. The molecule has 184 valence electrons. The van der Waals surface area contributed by atoms with Crippen molar-refractivity contribution in [3.05, 3.63) is 83.2 Å². The van der Waals surface area contributed by atoms with Gasteiger partial charge in [-0.05, 0) is 99.9 Å². The number of aryl methyl sites for hydroxylation is 2. The van der Waals surface area contributed by atoms with E-state index in [0.717, 1.165) is 67.4 Å². The van der Waals surface area contributed by atoms with E-state index < -0.39 is 0 Å². The van der Waals surface area contributed by atoms with Gasteiger partial charge < -0.3 is 4.74 Å². The largest absolute Gasteiger partial charge is 0.487 e. The summed E-state index contributed by atoms with van der Waals surface area (Å²) in [6, 6.07) is 22.1. The van der Waals surface area contributed by atoms with Gasteiger partial charge in [0.2, 0.25) is 0 Å². The maximum Gasteiger partial charge on any atom is 0.123 e. The monoisotopic (exact) mass is 486 g/mol. The molecule has 0 unspecified atom stereocenters. The SMILES string of the molecule is Cc1cccc(CSCc2ccc(-c3ccc4c(c3)CCC3(CCN(C(C)(C)C)CC3)O4)cc2)n1. The van der Waals surface area contributed by atoms with E-state index >= 15 is 0 Å². The first kappa shape index (κ1) is 24.4. The second kappa shape index (κ2) is 9.99. The first-order valence-corrected chi connectivity index (χ1v) is 14.1. The second-order valence-electron chi connectivity index (χ2n) is 11.2. The Balaban J connectivity index is 1.19. The van der Waals surface area contributed by atoms with Gasteiger partial charge in [-0.25, -0.2) is 0 Å². The molecule has 0 saturated carbocycles. The predicted octanol–water partition coefficient (Wildman–Crippen LogP) is 7.45. The summed E-state index contributed by atoms with van der Waals surface area (Å²) in [5, 5.41) is 0. The average Bonchev–Trinajstić information content (AvgIpc) is 2.84. The van der Waals surface area contributed by atoms with Crippen molar-refractivity contribution in [3.8, 4) is 16.9 Å². The Morgan fingerprint density at radius 1 is 0.914 bits per heavy atom. The number of aromatic nitrogens is 1. The smallest absolute Gasteiger partial charge is 0.123 e. The average molecular weight is 487 g/mol. The molecule has 0 atom stereocenters. The van der Waals surface area contributed by atoms with E-state index in [-0.39, 0.29) is 11.1 Å². The third kappa shape index (κ3) is 5.76. The van der Waals surface area contributed by atoms with Crippen molar-refractivity contribution in [2.45, 2.75) is 76.0 Å². The number of ether oxygens (including phenoxy) is 1. The standard InChI is InChI=1S/C31H38N2OS/c1-23-6-5-7-28(32-23)22-35-21-24-8-10-25(11-9-24)26-12-13-29-27(20-26)14-15-31(34-29)16-18-33(19-17-31)30(2,3)4/h5-13,20H,14-19,21-22H2,1-4H3. The normalized spacial score (nSPS) is 17.7. The lowest BCUT2D eigenvalue weighted by atomic mass is 9.81. The van der Waals surface area contributed by atoms with Gasteiger partial charge in [0.05, 0.1) is 5.69 Å². The second-order valence-corrected chi connectivity index (χ2v) is 12.2. The Labute approximate surface area is 215 Å². The lowest BCUT2D eigenvalue weighted by Gasteiger charge is -2.48. The number of fused-ring (bicyclic) bond motifs is 1. The fraction of sp³-hybridized carbons (Fsp3) is 0.452. The Hall–Kier alpha value is -2.30. The van der Waals surface area contributed by atoms with E-state index in [2.05, 4.69) is 85.3 Å². The molecule has 1 spiro atoms. The first-order valence-electron chi connectivity index (χ1n) is 13.0. The molecule has 35 heavy (non-hydrogen) atoms. The van der Waals surface area contributed by atoms with Gasteiger partial charge >= 0.3 is 0 Å². The number of nitrogens with zero attached hydrogens (tertiary/aromatic N) is 2. The number of hydrogen-bond acceptors (Lipinski definition) is 4. The first-order chi connectivity index (χ1) is 16.8. The quantitative estimate of drug-likeness (QED) is 0.374. The fourth-order valence-electron chi connectivity index (χ4n) is 5.38. The van der Waals surface area contributed by atoms with E-state index in [1.165, 1.54) is 22.3 Å². The summed E-state index contributed by atoms with van der Waals surface area (Å²) in [6.45, 7) is 11.3. The molecule has 0 amide bonds. The van der Waals surface area contributed by atoms with Crippen LogP contribution in [0.15, 0.2) is 60.7 Å². The highest BCUT2D eigenvalue weighted by Gasteiger charge is 2.41. The van der Waals surface area contributed by atoms with Gasteiger partial charge in [-0.3, -0.25) is 9.88 Å². The molecule has 2 aliphatic heterocycles. The van der Waals surface area contributed by atoms with E-state index in [9.17, 15) is 0 Å². The van der Waals surface area contributed by atoms with Gasteiger partial charge in [0.1, 0.15) is 11.4 Å². The Morgan fingerprint density at radius 3 is 2.37 bits per heavy atom. The van der Waals surface area contributed by atoms with Gasteiger partial charge in [0, 0.05) is 35.8 Å².